The van der Waals surface area contributed by atoms with Gasteiger partial charge in [0.25, 0.3) is 0 Å². The number of anilines is 2. The second kappa shape index (κ2) is 25.6. The maximum atomic E-state index is 13.6. The van der Waals surface area contributed by atoms with Gasteiger partial charge in [-0.2, -0.15) is 43.9 Å². The fourth-order valence-corrected chi connectivity index (χ4v) is 7.01. The van der Waals surface area contributed by atoms with Crippen molar-refractivity contribution in [3.63, 3.8) is 0 Å². The van der Waals surface area contributed by atoms with Crippen molar-refractivity contribution in [2.24, 2.45) is 0 Å². The molecule has 0 bridgehead atoms. The van der Waals surface area contributed by atoms with Crippen LogP contribution in [0.15, 0.2) is 115 Å². The molecule has 2 atom stereocenters. The van der Waals surface area contributed by atoms with Gasteiger partial charge in [0.05, 0.1) is 44.5 Å². The molecule has 0 saturated heterocycles. The summed E-state index contributed by atoms with van der Waals surface area (Å²) in [7, 11) is 2.51. The van der Waals surface area contributed by atoms with Gasteiger partial charge in [0.15, 0.2) is 34.6 Å². The van der Waals surface area contributed by atoms with Crippen molar-refractivity contribution in [2.45, 2.75) is 68.0 Å². The quantitative estimate of drug-likeness (QED) is 0.0107. The molecule has 14 nitrogen and oxygen atoms in total. The molecule has 0 fully saturated rings. The molecule has 5 aromatic rings. The third kappa shape index (κ3) is 16.2. The highest BCUT2D eigenvalue weighted by molar-refractivity contribution is 6.01. The Hall–Kier alpha value is -8.12. The largest absolute Gasteiger partial charge is 0.494 e. The number of aliphatic hydroxyl groups excluding tert-OH is 2. The average molecular weight is 1090 g/mol. The number of carbonyl (C=O) groups excluding carboxylic acids is 4. The predicted octanol–water partition coefficient (Wildman–Crippen LogP) is 10.4. The number of benzene rings is 5. The second-order valence-corrected chi connectivity index (χ2v) is 16.7. The molecular weight excluding hydrogens is 1050 g/mol. The highest BCUT2D eigenvalue weighted by Gasteiger charge is 2.57. The van der Waals surface area contributed by atoms with Gasteiger partial charge in [0.1, 0.15) is 23.7 Å². The van der Waals surface area contributed by atoms with Gasteiger partial charge < -0.3 is 50.1 Å². The Morgan fingerprint density at radius 3 is 1.27 bits per heavy atom. The predicted molar refractivity (Wildman–Crippen MR) is 258 cm³/mol. The zero-order valence-electron chi connectivity index (χ0n) is 40.5. The van der Waals surface area contributed by atoms with E-state index in [9.17, 15) is 73.3 Å². The van der Waals surface area contributed by atoms with E-state index in [4.69, 9.17) is 39.9 Å². The van der Waals surface area contributed by atoms with Crippen LogP contribution >= 0.6 is 0 Å². The number of hydrogen-bond acceptors (Lipinski definition) is 14. The monoisotopic (exact) mass is 1090 g/mol. The molecular formula is C53H48F10N2O12. The number of rotatable bonds is 25. The number of ether oxygens (including phenoxy) is 6. The lowest BCUT2D eigenvalue weighted by Crippen LogP contribution is -2.39. The molecule has 412 valence electrons. The lowest BCUT2D eigenvalue weighted by atomic mass is 9.83. The van der Waals surface area contributed by atoms with Crippen molar-refractivity contribution in [1.82, 2.24) is 0 Å². The minimum Gasteiger partial charge on any atom is -0.494 e. The molecule has 77 heavy (non-hydrogen) atoms. The van der Waals surface area contributed by atoms with Crippen molar-refractivity contribution in [3.05, 3.63) is 143 Å². The van der Waals surface area contributed by atoms with E-state index in [0.717, 1.165) is 12.2 Å². The number of ketones is 2. The summed E-state index contributed by atoms with van der Waals surface area (Å²) in [5.41, 5.74) is 12.7. The number of alkyl halides is 10. The van der Waals surface area contributed by atoms with Gasteiger partial charge in [-0.05, 0) is 127 Å². The molecule has 0 spiro atoms. The first-order chi connectivity index (χ1) is 36.1. The Morgan fingerprint density at radius 2 is 0.922 bits per heavy atom. The summed E-state index contributed by atoms with van der Waals surface area (Å²) in [6.45, 7) is -0.906. The van der Waals surface area contributed by atoms with Gasteiger partial charge >= 0.3 is 36.1 Å². The number of aliphatic hydroxyl groups is 2. The lowest BCUT2D eigenvalue weighted by Gasteiger charge is -2.26. The van der Waals surface area contributed by atoms with Crippen LogP contribution in [0.3, 0.4) is 0 Å². The first-order valence-corrected chi connectivity index (χ1v) is 22.7. The molecule has 2 unspecified atom stereocenters. The number of methoxy groups -OCH3 is 2. The first-order valence-electron chi connectivity index (χ1n) is 22.7. The number of esters is 2. The van der Waals surface area contributed by atoms with Gasteiger partial charge in [-0.3, -0.25) is 9.59 Å². The molecule has 5 rings (SSSR count). The van der Waals surface area contributed by atoms with Crippen LogP contribution in [0.2, 0.25) is 0 Å². The highest BCUT2D eigenvalue weighted by Crippen LogP contribution is 2.40. The maximum absolute atomic E-state index is 13.6. The fraction of sp³-hybridized carbons (Fsp3) is 0.283. The SMILES string of the molecule is COc1cc(/C=C/C(=O)C(O)C(c2ccc(N)cc2N)C(O)C(=O)/C=C/c2ccc(OC(=O)c3ccc(OCCCC(F)(F)C(F)(F)F)cc3)c(OC)c2)ccc1OC(=O)c1ccc(OCCCC(F)(F)C(F)(F)F)cc1. The summed E-state index contributed by atoms with van der Waals surface area (Å²) in [6, 6.07) is 22.4. The molecule has 24 heteroatoms. The van der Waals surface area contributed by atoms with E-state index in [1.807, 2.05) is 0 Å². The van der Waals surface area contributed by atoms with Crippen molar-refractivity contribution >= 4 is 47.0 Å². The van der Waals surface area contributed by atoms with Gasteiger partial charge in [-0.1, -0.05) is 30.4 Å². The Bertz CT molecular complexity index is 2760. The maximum Gasteiger partial charge on any atom is 0.453 e. The summed E-state index contributed by atoms with van der Waals surface area (Å²) >= 11 is 0. The molecule has 0 heterocycles. The Kier molecular flexibility index (Phi) is 19.9. The van der Waals surface area contributed by atoms with Crippen molar-refractivity contribution in [2.75, 3.05) is 38.9 Å². The Labute approximate surface area is 432 Å². The molecule has 6 N–H and O–H groups in total. The highest BCUT2D eigenvalue weighted by atomic mass is 19.4. The standard InChI is InChI=1S/C53H48F10N2O12/c1-72-43-27-30(7-21-41(43)76-48(70)32-9-14-35(15-10-32)74-25-3-23-50(54,55)52(58,59)60)5-19-39(66)46(68)45(37-18-13-34(64)29-38(37)65)47(69)40(67)20-6-31-8-22-42(44(28-31)73-2)77-49(71)33-11-16-36(17-12-33)75-26-4-24-51(56,57)53(61,62)63/h5-22,27-29,45-47,68-69H,3-4,23-26,64-65H2,1-2H3/b19-5+,20-6+. The minimum atomic E-state index is -5.68. The number of nitrogen functional groups attached to an aromatic ring is 2. The van der Waals surface area contributed by atoms with Crippen molar-refractivity contribution < 1.29 is 102 Å². The van der Waals surface area contributed by atoms with Crippen LogP contribution < -0.4 is 39.9 Å². The minimum absolute atomic E-state index is 0.000864. The molecule has 0 aliphatic carbocycles. The molecule has 0 radical (unpaired) electrons. The van der Waals surface area contributed by atoms with E-state index in [2.05, 4.69) is 0 Å². The van der Waals surface area contributed by atoms with Gasteiger partial charge in [-0.15, -0.1) is 0 Å². The van der Waals surface area contributed by atoms with E-state index in [1.165, 1.54) is 129 Å². The summed E-state index contributed by atoms with van der Waals surface area (Å²) in [6.07, 6.45) is -15.3. The van der Waals surface area contributed by atoms with Crippen LogP contribution in [0.5, 0.6) is 34.5 Å². The number of hydrogen-bond donors (Lipinski definition) is 4. The second-order valence-electron chi connectivity index (χ2n) is 16.7. The van der Waals surface area contributed by atoms with Crippen molar-refractivity contribution in [3.8, 4) is 34.5 Å². The lowest BCUT2D eigenvalue weighted by molar-refractivity contribution is -0.284. The third-order valence-electron chi connectivity index (χ3n) is 11.2. The van der Waals surface area contributed by atoms with E-state index in [0.29, 0.717) is 0 Å². The van der Waals surface area contributed by atoms with Crippen LogP contribution in [0, 0.1) is 0 Å². The zero-order valence-corrected chi connectivity index (χ0v) is 40.5. The van der Waals surface area contributed by atoms with Crippen LogP contribution in [-0.2, 0) is 9.59 Å². The van der Waals surface area contributed by atoms with Crippen LogP contribution in [-0.4, -0.2) is 97.6 Å². The molecule has 0 saturated carbocycles. The molecule has 0 aliphatic heterocycles. The molecule has 0 amide bonds. The van der Waals surface area contributed by atoms with Gasteiger partial charge in [0, 0.05) is 24.2 Å². The van der Waals surface area contributed by atoms with Crippen LogP contribution in [0.4, 0.5) is 55.3 Å². The summed E-state index contributed by atoms with van der Waals surface area (Å²) in [5, 5.41) is 22.9. The van der Waals surface area contributed by atoms with E-state index in [-0.39, 0.29) is 73.7 Å². The summed E-state index contributed by atoms with van der Waals surface area (Å²) < 4.78 is 159. The van der Waals surface area contributed by atoms with Crippen LogP contribution in [0.25, 0.3) is 12.2 Å². The number of nitrogens with two attached hydrogens (primary N) is 2. The zero-order chi connectivity index (χ0) is 56.9. The number of halogens is 10. The van der Waals surface area contributed by atoms with Gasteiger partial charge in [-0.25, -0.2) is 9.59 Å². The Balaban J connectivity index is 1.21. The number of carbonyl (C=O) groups is 4. The fourth-order valence-electron chi connectivity index (χ4n) is 7.01. The first kappa shape index (κ1) is 59.8. The Morgan fingerprint density at radius 1 is 0.532 bits per heavy atom. The van der Waals surface area contributed by atoms with E-state index in [1.54, 1.807) is 0 Å². The topological polar surface area (TPSA) is 216 Å². The molecule has 0 aliphatic rings. The molecule has 5 aromatic carbocycles. The normalized spacial score (nSPS) is 13.4. The smallest absolute Gasteiger partial charge is 0.453 e. The summed E-state index contributed by atoms with van der Waals surface area (Å²) in [5.74, 6) is -15.1. The molecule has 0 aromatic heterocycles. The van der Waals surface area contributed by atoms with Crippen molar-refractivity contribution in [1.29, 1.82) is 0 Å². The van der Waals surface area contributed by atoms with E-state index >= 15 is 0 Å². The average Bonchev–Trinajstić information content (AvgIpc) is 3.38. The van der Waals surface area contributed by atoms with Gasteiger partial charge in [0.2, 0.25) is 0 Å². The van der Waals surface area contributed by atoms with E-state index < -0.39 is 105 Å². The third-order valence-corrected chi connectivity index (χ3v) is 11.2. The summed E-state index contributed by atoms with van der Waals surface area (Å²) in [4.78, 5) is 53.0. The van der Waals surface area contributed by atoms with Crippen LogP contribution in [0.1, 0.15) is 69.0 Å².